The quantitative estimate of drug-likeness (QED) is 0.676. The molecular formula is C19H16N4O3S. The van der Waals surface area contributed by atoms with Crippen LogP contribution in [0.15, 0.2) is 24.5 Å². The number of hydrogen-bond acceptors (Lipinski definition) is 6. The second-order valence-corrected chi connectivity index (χ2v) is 7.39. The molecule has 0 saturated carbocycles. The summed E-state index contributed by atoms with van der Waals surface area (Å²) in [6, 6.07) is 7.13. The zero-order valence-corrected chi connectivity index (χ0v) is 15.2. The number of aromatic amines is 1. The van der Waals surface area contributed by atoms with Crippen molar-refractivity contribution in [3.63, 3.8) is 0 Å². The minimum absolute atomic E-state index is 0.337. The number of fused-ring (bicyclic) bond motifs is 2. The van der Waals surface area contributed by atoms with E-state index in [4.69, 9.17) is 4.74 Å². The molecule has 0 atom stereocenters. The van der Waals surface area contributed by atoms with Gasteiger partial charge in [-0.2, -0.15) is 5.26 Å². The summed E-state index contributed by atoms with van der Waals surface area (Å²) in [5.74, 6) is -1.05. The number of nitrogens with one attached hydrogen (secondary N) is 2. The number of ether oxygens (including phenoxy) is 1. The molecule has 27 heavy (non-hydrogen) atoms. The van der Waals surface area contributed by atoms with Crippen LogP contribution in [0.3, 0.4) is 0 Å². The van der Waals surface area contributed by atoms with Crippen molar-refractivity contribution in [1.29, 1.82) is 5.26 Å². The molecule has 0 bridgehead atoms. The first kappa shape index (κ1) is 17.2. The molecule has 7 nitrogen and oxygen atoms in total. The molecule has 0 aliphatic heterocycles. The topological polar surface area (TPSA) is 108 Å². The molecule has 2 N–H and O–H groups in total. The van der Waals surface area contributed by atoms with Gasteiger partial charge in [0.15, 0.2) is 6.61 Å². The number of rotatable bonds is 4. The third-order valence-electron chi connectivity index (χ3n) is 4.53. The van der Waals surface area contributed by atoms with Gasteiger partial charge < -0.3 is 15.0 Å². The number of amides is 1. The van der Waals surface area contributed by atoms with Crippen molar-refractivity contribution in [2.75, 3.05) is 11.9 Å². The highest BCUT2D eigenvalue weighted by Crippen LogP contribution is 2.37. The molecule has 8 heteroatoms. The van der Waals surface area contributed by atoms with Crippen molar-refractivity contribution in [3.05, 3.63) is 46.1 Å². The van der Waals surface area contributed by atoms with Gasteiger partial charge in [0.2, 0.25) is 0 Å². The maximum atomic E-state index is 12.2. The van der Waals surface area contributed by atoms with Crippen LogP contribution in [0, 0.1) is 11.3 Å². The maximum Gasteiger partial charge on any atom is 0.338 e. The fourth-order valence-corrected chi connectivity index (χ4v) is 4.47. The molecule has 0 radical (unpaired) electrons. The van der Waals surface area contributed by atoms with E-state index in [2.05, 4.69) is 21.4 Å². The highest BCUT2D eigenvalue weighted by molar-refractivity contribution is 7.16. The standard InChI is InChI=1S/C19H16N4O3S/c20-8-13-12-3-1-2-4-16(12)27-18(13)23-17(24)9-26-19(25)11-5-6-14-15(7-11)22-10-21-14/h5-7,10H,1-4,9H2,(H,21,22)(H,23,24). The van der Waals surface area contributed by atoms with E-state index >= 15 is 0 Å². The van der Waals surface area contributed by atoms with Crippen LogP contribution in [-0.4, -0.2) is 28.5 Å². The summed E-state index contributed by atoms with van der Waals surface area (Å²) in [6.45, 7) is -0.409. The van der Waals surface area contributed by atoms with Crippen LogP contribution in [-0.2, 0) is 22.4 Å². The van der Waals surface area contributed by atoms with Crippen LogP contribution >= 0.6 is 11.3 Å². The molecule has 1 aliphatic rings. The predicted octanol–water partition coefficient (Wildman–Crippen LogP) is 3.17. The van der Waals surface area contributed by atoms with Gasteiger partial charge in [-0.15, -0.1) is 11.3 Å². The first-order valence-electron chi connectivity index (χ1n) is 8.60. The monoisotopic (exact) mass is 380 g/mol. The minimum atomic E-state index is -0.590. The van der Waals surface area contributed by atoms with E-state index in [1.165, 1.54) is 11.3 Å². The number of carbonyl (C=O) groups excluding carboxylic acids is 2. The van der Waals surface area contributed by atoms with Crippen LogP contribution < -0.4 is 5.32 Å². The van der Waals surface area contributed by atoms with Crippen molar-refractivity contribution in [3.8, 4) is 6.07 Å². The Balaban J connectivity index is 1.40. The van der Waals surface area contributed by atoms with Gasteiger partial charge in [-0.25, -0.2) is 9.78 Å². The van der Waals surface area contributed by atoms with Crippen molar-refractivity contribution >= 4 is 39.2 Å². The minimum Gasteiger partial charge on any atom is -0.452 e. The van der Waals surface area contributed by atoms with E-state index in [1.54, 1.807) is 24.5 Å². The number of nitrogens with zero attached hydrogens (tertiary/aromatic N) is 2. The van der Waals surface area contributed by atoms with Crippen LogP contribution in [0.2, 0.25) is 0 Å². The molecule has 1 amide bonds. The Morgan fingerprint density at radius 3 is 3.04 bits per heavy atom. The highest BCUT2D eigenvalue weighted by atomic mass is 32.1. The van der Waals surface area contributed by atoms with Gasteiger partial charge in [0.05, 0.1) is 28.5 Å². The number of carbonyl (C=O) groups is 2. The average molecular weight is 380 g/mol. The zero-order valence-electron chi connectivity index (χ0n) is 14.4. The lowest BCUT2D eigenvalue weighted by Gasteiger charge is -2.09. The lowest BCUT2D eigenvalue weighted by Crippen LogP contribution is -2.20. The lowest BCUT2D eigenvalue weighted by atomic mass is 9.96. The number of thiophene rings is 1. The summed E-state index contributed by atoms with van der Waals surface area (Å²) in [6.07, 6.45) is 5.51. The van der Waals surface area contributed by atoms with Gasteiger partial charge in [0, 0.05) is 4.88 Å². The first-order chi connectivity index (χ1) is 13.2. The number of hydrogen-bond donors (Lipinski definition) is 2. The molecular weight excluding hydrogens is 364 g/mol. The van der Waals surface area contributed by atoms with E-state index in [1.807, 2.05) is 0 Å². The van der Waals surface area contributed by atoms with Gasteiger partial charge in [-0.3, -0.25) is 4.79 Å². The number of esters is 1. The normalized spacial score (nSPS) is 13.0. The van der Waals surface area contributed by atoms with Crippen molar-refractivity contribution < 1.29 is 14.3 Å². The van der Waals surface area contributed by atoms with Gasteiger partial charge in [0.1, 0.15) is 11.1 Å². The largest absolute Gasteiger partial charge is 0.452 e. The Morgan fingerprint density at radius 1 is 1.33 bits per heavy atom. The molecule has 0 fully saturated rings. The van der Waals surface area contributed by atoms with E-state index in [0.717, 1.165) is 47.2 Å². The molecule has 3 aromatic rings. The highest BCUT2D eigenvalue weighted by Gasteiger charge is 2.22. The van der Waals surface area contributed by atoms with Gasteiger partial charge in [-0.05, 0) is 49.4 Å². The van der Waals surface area contributed by atoms with Crippen LogP contribution in [0.4, 0.5) is 5.00 Å². The van der Waals surface area contributed by atoms with E-state index < -0.39 is 18.5 Å². The zero-order chi connectivity index (χ0) is 18.8. The fourth-order valence-electron chi connectivity index (χ4n) is 3.21. The molecule has 4 rings (SSSR count). The molecule has 136 valence electrons. The number of H-pyrrole nitrogens is 1. The van der Waals surface area contributed by atoms with Crippen LogP contribution in [0.25, 0.3) is 11.0 Å². The average Bonchev–Trinajstić information content (AvgIpc) is 3.29. The predicted molar refractivity (Wildman–Crippen MR) is 101 cm³/mol. The summed E-state index contributed by atoms with van der Waals surface area (Å²) in [5, 5.41) is 12.7. The van der Waals surface area contributed by atoms with Gasteiger partial charge in [-0.1, -0.05) is 0 Å². The number of aromatic nitrogens is 2. The Morgan fingerprint density at radius 2 is 2.19 bits per heavy atom. The summed E-state index contributed by atoms with van der Waals surface area (Å²) in [4.78, 5) is 32.5. The third-order valence-corrected chi connectivity index (χ3v) is 5.73. The van der Waals surface area contributed by atoms with Crippen LogP contribution in [0.5, 0.6) is 0 Å². The number of nitriles is 1. The Hall–Kier alpha value is -3.18. The Bertz CT molecular complexity index is 1080. The molecule has 1 aliphatic carbocycles. The van der Waals surface area contributed by atoms with E-state index in [0.29, 0.717) is 16.1 Å². The number of aryl methyl sites for hydroxylation is 1. The lowest BCUT2D eigenvalue weighted by molar-refractivity contribution is -0.119. The molecule has 0 spiro atoms. The number of imidazole rings is 1. The summed E-state index contributed by atoms with van der Waals surface area (Å²) in [7, 11) is 0. The second-order valence-electron chi connectivity index (χ2n) is 6.29. The maximum absolute atomic E-state index is 12.2. The molecule has 0 unspecified atom stereocenters. The first-order valence-corrected chi connectivity index (χ1v) is 9.42. The summed E-state index contributed by atoms with van der Waals surface area (Å²) in [5.41, 5.74) is 3.39. The van der Waals surface area contributed by atoms with Crippen molar-refractivity contribution in [2.24, 2.45) is 0 Å². The summed E-state index contributed by atoms with van der Waals surface area (Å²) >= 11 is 1.44. The molecule has 0 saturated heterocycles. The number of anilines is 1. The van der Waals surface area contributed by atoms with E-state index in [9.17, 15) is 14.9 Å². The van der Waals surface area contributed by atoms with Crippen molar-refractivity contribution in [2.45, 2.75) is 25.7 Å². The molecule has 2 aromatic heterocycles. The smallest absolute Gasteiger partial charge is 0.338 e. The summed E-state index contributed by atoms with van der Waals surface area (Å²) < 4.78 is 5.10. The van der Waals surface area contributed by atoms with E-state index in [-0.39, 0.29) is 0 Å². The van der Waals surface area contributed by atoms with Crippen molar-refractivity contribution in [1.82, 2.24) is 9.97 Å². The number of benzene rings is 1. The molecule has 1 aromatic carbocycles. The van der Waals surface area contributed by atoms with Crippen LogP contribution in [0.1, 0.15) is 39.2 Å². The van der Waals surface area contributed by atoms with Gasteiger partial charge in [0.25, 0.3) is 5.91 Å². The Kier molecular flexibility index (Phi) is 4.60. The third kappa shape index (κ3) is 3.41. The Labute approximate surface area is 159 Å². The second kappa shape index (κ2) is 7.21. The van der Waals surface area contributed by atoms with Gasteiger partial charge >= 0.3 is 5.97 Å². The fraction of sp³-hybridized carbons (Fsp3) is 0.263. The SMILES string of the molecule is N#Cc1c(NC(=O)COC(=O)c2ccc3nc[nH]c3c2)sc2c1CCCC2. The molecule has 2 heterocycles.